The molecule has 0 atom stereocenters. The highest BCUT2D eigenvalue weighted by Crippen LogP contribution is 2.28. The van der Waals surface area contributed by atoms with E-state index < -0.39 is 0 Å². The van der Waals surface area contributed by atoms with Crippen molar-refractivity contribution in [2.45, 2.75) is 19.8 Å². The Bertz CT molecular complexity index is 476. The van der Waals surface area contributed by atoms with Gasteiger partial charge >= 0.3 is 0 Å². The van der Waals surface area contributed by atoms with Gasteiger partial charge in [-0.3, -0.25) is 0 Å². The summed E-state index contributed by atoms with van der Waals surface area (Å²) in [5, 5.41) is 1.85. The van der Waals surface area contributed by atoms with E-state index >= 15 is 0 Å². The van der Waals surface area contributed by atoms with Gasteiger partial charge in [0.25, 0.3) is 0 Å². The summed E-state index contributed by atoms with van der Waals surface area (Å²) in [6.45, 7) is 2.76. The van der Waals surface area contributed by atoms with Crippen molar-refractivity contribution in [1.82, 2.24) is 0 Å². The Morgan fingerprint density at radius 1 is 1.40 bits per heavy atom. The van der Waals surface area contributed by atoms with Gasteiger partial charge in [0.1, 0.15) is 11.3 Å². The molecule has 1 aromatic carbocycles. The highest BCUT2D eigenvalue weighted by atomic mass is 35.5. The van der Waals surface area contributed by atoms with Crippen LogP contribution in [0.15, 0.2) is 22.6 Å². The van der Waals surface area contributed by atoms with Gasteiger partial charge in [0.15, 0.2) is 0 Å². The normalized spacial score (nSPS) is 11.1. The lowest BCUT2D eigenvalue weighted by atomic mass is 10.1. The van der Waals surface area contributed by atoms with Crippen LogP contribution in [0.3, 0.4) is 0 Å². The van der Waals surface area contributed by atoms with Crippen molar-refractivity contribution in [3.63, 3.8) is 0 Å². The number of rotatable bonds is 3. The first-order valence-electron chi connectivity index (χ1n) is 5.10. The molecule has 0 fully saturated rings. The molecule has 2 aromatic rings. The number of halogens is 1. The van der Waals surface area contributed by atoms with Gasteiger partial charge in [0.05, 0.1) is 0 Å². The van der Waals surface area contributed by atoms with Crippen LogP contribution in [-0.4, -0.2) is 6.54 Å². The molecule has 0 aliphatic rings. The zero-order valence-electron chi connectivity index (χ0n) is 8.72. The van der Waals surface area contributed by atoms with Crippen LogP contribution in [-0.2, 0) is 6.42 Å². The van der Waals surface area contributed by atoms with E-state index in [4.69, 9.17) is 21.8 Å². The van der Waals surface area contributed by atoms with Gasteiger partial charge in [0.2, 0.25) is 0 Å². The van der Waals surface area contributed by atoms with Gasteiger partial charge < -0.3 is 10.2 Å². The second-order valence-electron chi connectivity index (χ2n) is 3.68. The molecule has 0 amide bonds. The van der Waals surface area contributed by atoms with Crippen LogP contribution in [0.4, 0.5) is 0 Å². The fourth-order valence-corrected chi connectivity index (χ4v) is 1.92. The second kappa shape index (κ2) is 4.25. The van der Waals surface area contributed by atoms with E-state index in [9.17, 15) is 0 Å². The molecule has 80 valence electrons. The van der Waals surface area contributed by atoms with Crippen molar-refractivity contribution < 1.29 is 4.42 Å². The molecule has 0 saturated heterocycles. The lowest BCUT2D eigenvalue weighted by molar-refractivity contribution is 0.536. The van der Waals surface area contributed by atoms with Crippen molar-refractivity contribution in [3.05, 3.63) is 34.5 Å². The summed E-state index contributed by atoms with van der Waals surface area (Å²) < 4.78 is 5.74. The second-order valence-corrected chi connectivity index (χ2v) is 4.12. The lowest BCUT2D eigenvalue weighted by Crippen LogP contribution is -2.00. The third kappa shape index (κ3) is 2.01. The molecule has 2 rings (SSSR count). The summed E-state index contributed by atoms with van der Waals surface area (Å²) in [5.74, 6) is 1.03. The van der Waals surface area contributed by atoms with E-state index in [1.807, 2.05) is 18.2 Å². The predicted molar refractivity (Wildman–Crippen MR) is 63.3 cm³/mol. The van der Waals surface area contributed by atoms with E-state index in [1.54, 1.807) is 0 Å². The third-order valence-electron chi connectivity index (χ3n) is 2.60. The maximum atomic E-state index is 5.94. The minimum absolute atomic E-state index is 0.692. The highest BCUT2D eigenvalue weighted by molar-refractivity contribution is 6.31. The maximum absolute atomic E-state index is 5.94. The van der Waals surface area contributed by atoms with E-state index in [0.29, 0.717) is 6.54 Å². The molecule has 0 aliphatic heterocycles. The van der Waals surface area contributed by atoms with Crippen LogP contribution >= 0.6 is 11.6 Å². The fourth-order valence-electron chi connectivity index (χ4n) is 1.74. The standard InChI is InChI=1S/C12H14ClNO/c1-8-10-7-9(13)4-5-12(10)15-11(8)3-2-6-14/h4-5,7H,2-3,6,14H2,1H3. The molecule has 0 bridgehead atoms. The van der Waals surface area contributed by atoms with E-state index in [1.165, 1.54) is 5.56 Å². The van der Waals surface area contributed by atoms with E-state index in [2.05, 4.69) is 6.92 Å². The molecule has 2 nitrogen and oxygen atoms in total. The molecule has 0 unspecified atom stereocenters. The van der Waals surface area contributed by atoms with Crippen LogP contribution in [0.2, 0.25) is 5.02 Å². The monoisotopic (exact) mass is 223 g/mol. The number of aryl methyl sites for hydroxylation is 2. The minimum Gasteiger partial charge on any atom is -0.461 e. The van der Waals surface area contributed by atoms with E-state index in [0.717, 1.165) is 34.6 Å². The van der Waals surface area contributed by atoms with Crippen LogP contribution in [0, 0.1) is 6.92 Å². The van der Waals surface area contributed by atoms with Crippen molar-refractivity contribution in [2.75, 3.05) is 6.54 Å². The Kier molecular flexibility index (Phi) is 2.98. The summed E-state index contributed by atoms with van der Waals surface area (Å²) >= 11 is 5.94. The first-order valence-corrected chi connectivity index (χ1v) is 5.48. The average Bonchev–Trinajstić information content (AvgIpc) is 2.53. The molecule has 15 heavy (non-hydrogen) atoms. The molecular formula is C12H14ClNO. The predicted octanol–water partition coefficient (Wildman–Crippen LogP) is 3.29. The first kappa shape index (κ1) is 10.5. The SMILES string of the molecule is Cc1c(CCCN)oc2ccc(Cl)cc12. The third-order valence-corrected chi connectivity index (χ3v) is 2.84. The summed E-state index contributed by atoms with van der Waals surface area (Å²) in [5.41, 5.74) is 7.57. The highest BCUT2D eigenvalue weighted by Gasteiger charge is 2.09. The lowest BCUT2D eigenvalue weighted by Gasteiger charge is -1.95. The molecule has 0 radical (unpaired) electrons. The van der Waals surface area contributed by atoms with Crippen LogP contribution in [0.5, 0.6) is 0 Å². The number of benzene rings is 1. The Balaban J connectivity index is 2.45. The molecule has 3 heteroatoms. The smallest absolute Gasteiger partial charge is 0.134 e. The zero-order valence-corrected chi connectivity index (χ0v) is 9.47. The van der Waals surface area contributed by atoms with E-state index in [-0.39, 0.29) is 0 Å². The Labute approximate surface area is 94.0 Å². The quantitative estimate of drug-likeness (QED) is 0.868. The summed E-state index contributed by atoms with van der Waals surface area (Å²) in [7, 11) is 0. The topological polar surface area (TPSA) is 39.2 Å². The maximum Gasteiger partial charge on any atom is 0.134 e. The summed E-state index contributed by atoms with van der Waals surface area (Å²) in [6.07, 6.45) is 1.85. The number of hydrogen-bond donors (Lipinski definition) is 1. The molecule has 1 heterocycles. The van der Waals surface area contributed by atoms with Gasteiger partial charge in [-0.1, -0.05) is 11.6 Å². The van der Waals surface area contributed by atoms with Crippen molar-refractivity contribution in [1.29, 1.82) is 0 Å². The number of nitrogens with two attached hydrogens (primary N) is 1. The fraction of sp³-hybridized carbons (Fsp3) is 0.333. The van der Waals surface area contributed by atoms with Crippen LogP contribution in [0.25, 0.3) is 11.0 Å². The summed E-state index contributed by atoms with van der Waals surface area (Å²) in [4.78, 5) is 0. The Morgan fingerprint density at radius 3 is 2.93 bits per heavy atom. The minimum atomic E-state index is 0.692. The van der Waals surface area contributed by atoms with Crippen LogP contribution < -0.4 is 5.73 Å². The average molecular weight is 224 g/mol. The number of fused-ring (bicyclic) bond motifs is 1. The van der Waals surface area contributed by atoms with Crippen LogP contribution in [0.1, 0.15) is 17.7 Å². The molecule has 0 aliphatic carbocycles. The van der Waals surface area contributed by atoms with Gasteiger partial charge in [-0.25, -0.2) is 0 Å². The number of furan rings is 1. The van der Waals surface area contributed by atoms with Gasteiger partial charge in [-0.15, -0.1) is 0 Å². The summed E-state index contributed by atoms with van der Waals surface area (Å²) in [6, 6.07) is 5.71. The molecule has 2 N–H and O–H groups in total. The van der Waals surface area contributed by atoms with Crippen molar-refractivity contribution in [2.24, 2.45) is 5.73 Å². The largest absolute Gasteiger partial charge is 0.461 e. The van der Waals surface area contributed by atoms with Crippen molar-refractivity contribution in [3.8, 4) is 0 Å². The number of hydrogen-bond acceptors (Lipinski definition) is 2. The Morgan fingerprint density at radius 2 is 2.20 bits per heavy atom. The Hall–Kier alpha value is -0.990. The molecule has 0 spiro atoms. The van der Waals surface area contributed by atoms with Crippen molar-refractivity contribution >= 4 is 22.6 Å². The first-order chi connectivity index (χ1) is 7.22. The molecule has 1 aromatic heterocycles. The zero-order chi connectivity index (χ0) is 10.8. The molecule has 0 saturated carbocycles. The van der Waals surface area contributed by atoms with Gasteiger partial charge in [0, 0.05) is 16.8 Å². The van der Waals surface area contributed by atoms with Gasteiger partial charge in [-0.05, 0) is 43.7 Å². The molecular weight excluding hydrogens is 210 g/mol. The van der Waals surface area contributed by atoms with Gasteiger partial charge in [-0.2, -0.15) is 0 Å².